The molecule has 0 aliphatic carbocycles. The van der Waals surface area contributed by atoms with Gasteiger partial charge in [0.05, 0.1) is 5.56 Å². The molecule has 7 heteroatoms. The average molecular weight is 428 g/mol. The molecule has 4 rings (SSSR count). The molecule has 0 bridgehead atoms. The molecule has 158 valence electrons. The van der Waals surface area contributed by atoms with Crippen LogP contribution < -0.4 is 9.64 Å². The molecule has 30 heavy (non-hydrogen) atoms. The molecular formula is C23H26ClN3O3. The van der Waals surface area contributed by atoms with Crippen LogP contribution in [0.3, 0.4) is 0 Å². The van der Waals surface area contributed by atoms with Gasteiger partial charge in [0.25, 0.3) is 11.8 Å². The van der Waals surface area contributed by atoms with E-state index in [0.717, 1.165) is 50.6 Å². The molecule has 2 aromatic rings. The van der Waals surface area contributed by atoms with Crippen LogP contribution in [0.5, 0.6) is 5.75 Å². The van der Waals surface area contributed by atoms with E-state index in [4.69, 9.17) is 16.3 Å². The first-order valence-corrected chi connectivity index (χ1v) is 10.8. The van der Waals surface area contributed by atoms with Crippen molar-refractivity contribution in [3.05, 3.63) is 59.1 Å². The van der Waals surface area contributed by atoms with E-state index in [0.29, 0.717) is 17.9 Å². The molecule has 1 fully saturated rings. The van der Waals surface area contributed by atoms with Gasteiger partial charge in [0.2, 0.25) is 0 Å². The van der Waals surface area contributed by atoms with Crippen LogP contribution in [-0.4, -0.2) is 67.5 Å². The number of hydrogen-bond donors (Lipinski definition) is 0. The summed E-state index contributed by atoms with van der Waals surface area (Å²) in [6, 6.07) is 15.0. The number of halogens is 1. The molecule has 2 aliphatic rings. The number of nitrogens with zero attached hydrogens (tertiary/aromatic N) is 3. The molecular weight excluding hydrogens is 402 g/mol. The third kappa shape index (κ3) is 4.77. The molecule has 6 nitrogen and oxygen atoms in total. The van der Waals surface area contributed by atoms with Crippen LogP contribution in [0.1, 0.15) is 23.2 Å². The number of fused-ring (bicyclic) bond motifs is 1. The molecule has 2 aliphatic heterocycles. The van der Waals surface area contributed by atoms with Gasteiger partial charge in [-0.3, -0.25) is 19.4 Å². The molecule has 0 unspecified atom stereocenters. The summed E-state index contributed by atoms with van der Waals surface area (Å²) in [6.45, 7) is 5.29. The first-order chi connectivity index (χ1) is 14.6. The monoisotopic (exact) mass is 427 g/mol. The molecule has 0 spiro atoms. The second-order valence-corrected chi connectivity index (χ2v) is 8.08. The van der Waals surface area contributed by atoms with E-state index in [1.54, 1.807) is 24.3 Å². The average Bonchev–Trinajstić information content (AvgIpc) is 2.89. The highest BCUT2D eigenvalue weighted by molar-refractivity contribution is 6.30. The number of para-hydroxylation sites is 1. The Balaban J connectivity index is 1.22. The minimum atomic E-state index is -0.271. The van der Waals surface area contributed by atoms with Gasteiger partial charge >= 0.3 is 0 Å². The van der Waals surface area contributed by atoms with E-state index in [1.165, 1.54) is 10.6 Å². The molecule has 2 aromatic carbocycles. The van der Waals surface area contributed by atoms with Gasteiger partial charge in [-0.15, -0.1) is 0 Å². The minimum absolute atomic E-state index is 0.0879. The van der Waals surface area contributed by atoms with Gasteiger partial charge in [0.15, 0.2) is 6.61 Å². The zero-order valence-electron chi connectivity index (χ0n) is 16.9. The second kappa shape index (κ2) is 9.49. The van der Waals surface area contributed by atoms with Crippen molar-refractivity contribution >= 4 is 29.1 Å². The maximum absolute atomic E-state index is 12.7. The highest BCUT2D eigenvalue weighted by Crippen LogP contribution is 2.23. The number of imide groups is 1. The van der Waals surface area contributed by atoms with Crippen LogP contribution in [0.4, 0.5) is 5.69 Å². The third-order valence-corrected chi connectivity index (χ3v) is 5.94. The van der Waals surface area contributed by atoms with Gasteiger partial charge in [0, 0.05) is 43.4 Å². The maximum atomic E-state index is 12.7. The SMILES string of the molecule is O=C1COc2ccccc2C(=O)N1CCCCN1CCN(c2ccc(Cl)cc2)CC1. The summed E-state index contributed by atoms with van der Waals surface area (Å²) in [5.74, 6) is -0.0469. The summed E-state index contributed by atoms with van der Waals surface area (Å²) in [7, 11) is 0. The molecule has 0 atom stereocenters. The number of carbonyl (C=O) groups excluding carboxylic acids is 2. The van der Waals surface area contributed by atoms with Gasteiger partial charge in [-0.05, 0) is 55.8 Å². The van der Waals surface area contributed by atoms with E-state index in [2.05, 4.69) is 21.9 Å². The Morgan fingerprint density at radius 2 is 1.57 bits per heavy atom. The fourth-order valence-corrected chi connectivity index (χ4v) is 4.08. The summed E-state index contributed by atoms with van der Waals surface area (Å²) in [6.07, 6.45) is 1.73. The Morgan fingerprint density at radius 3 is 2.33 bits per heavy atom. The summed E-state index contributed by atoms with van der Waals surface area (Å²) in [4.78, 5) is 31.2. The first kappa shape index (κ1) is 20.7. The summed E-state index contributed by atoms with van der Waals surface area (Å²) < 4.78 is 5.48. The van der Waals surface area contributed by atoms with Crippen molar-refractivity contribution in [2.75, 3.05) is 50.8 Å². The van der Waals surface area contributed by atoms with Crippen molar-refractivity contribution < 1.29 is 14.3 Å². The Bertz CT molecular complexity index is 895. The van der Waals surface area contributed by atoms with Crippen molar-refractivity contribution in [2.45, 2.75) is 12.8 Å². The molecule has 1 saturated heterocycles. The fraction of sp³-hybridized carbons (Fsp3) is 0.391. The number of hydrogen-bond acceptors (Lipinski definition) is 5. The number of carbonyl (C=O) groups is 2. The number of amides is 2. The van der Waals surface area contributed by atoms with Gasteiger partial charge in [-0.1, -0.05) is 23.7 Å². The molecule has 0 saturated carbocycles. The highest BCUT2D eigenvalue weighted by Gasteiger charge is 2.28. The Hall–Kier alpha value is -2.57. The largest absolute Gasteiger partial charge is 0.483 e. The number of ether oxygens (including phenoxy) is 1. The number of anilines is 1. The summed E-state index contributed by atoms with van der Waals surface area (Å²) >= 11 is 5.97. The Labute approximate surface area is 182 Å². The van der Waals surface area contributed by atoms with Crippen molar-refractivity contribution in [2.24, 2.45) is 0 Å². The van der Waals surface area contributed by atoms with Gasteiger partial charge < -0.3 is 9.64 Å². The van der Waals surface area contributed by atoms with Gasteiger partial charge in [-0.25, -0.2) is 0 Å². The summed E-state index contributed by atoms with van der Waals surface area (Å²) in [5.41, 5.74) is 1.67. The number of unbranched alkanes of at least 4 members (excludes halogenated alkanes) is 1. The lowest BCUT2D eigenvalue weighted by atomic mass is 10.1. The first-order valence-electron chi connectivity index (χ1n) is 10.4. The van der Waals surface area contributed by atoms with Crippen molar-refractivity contribution in [3.8, 4) is 5.75 Å². The number of benzene rings is 2. The Kier molecular flexibility index (Phi) is 6.55. The zero-order valence-corrected chi connectivity index (χ0v) is 17.7. The van der Waals surface area contributed by atoms with E-state index in [-0.39, 0.29) is 18.4 Å². The van der Waals surface area contributed by atoms with Crippen LogP contribution in [0.2, 0.25) is 5.02 Å². The lowest BCUT2D eigenvalue weighted by molar-refractivity contribution is -0.130. The fourth-order valence-electron chi connectivity index (χ4n) is 3.96. The Morgan fingerprint density at radius 1 is 0.867 bits per heavy atom. The van der Waals surface area contributed by atoms with Crippen molar-refractivity contribution in [3.63, 3.8) is 0 Å². The van der Waals surface area contributed by atoms with E-state index >= 15 is 0 Å². The number of piperazine rings is 1. The zero-order chi connectivity index (χ0) is 20.9. The second-order valence-electron chi connectivity index (χ2n) is 7.65. The third-order valence-electron chi connectivity index (χ3n) is 5.68. The van der Waals surface area contributed by atoms with Crippen molar-refractivity contribution in [1.82, 2.24) is 9.80 Å². The van der Waals surface area contributed by atoms with E-state index < -0.39 is 0 Å². The normalized spacial score (nSPS) is 17.5. The topological polar surface area (TPSA) is 53.1 Å². The standard InChI is InChI=1S/C23H26ClN3O3/c24-18-7-9-19(10-8-18)26-15-13-25(14-16-26)11-3-4-12-27-22(28)17-30-21-6-2-1-5-20(21)23(27)29/h1-2,5-10H,3-4,11-17H2. The lowest BCUT2D eigenvalue weighted by Crippen LogP contribution is -2.46. The molecule has 0 radical (unpaired) electrons. The quantitative estimate of drug-likeness (QED) is 0.523. The van der Waals surface area contributed by atoms with Crippen molar-refractivity contribution in [1.29, 1.82) is 0 Å². The van der Waals surface area contributed by atoms with Gasteiger partial charge in [0.1, 0.15) is 5.75 Å². The molecule has 0 N–H and O–H groups in total. The lowest BCUT2D eigenvalue weighted by Gasteiger charge is -2.36. The van der Waals surface area contributed by atoms with Crippen LogP contribution in [0.15, 0.2) is 48.5 Å². The predicted octanol–water partition coefficient (Wildman–Crippen LogP) is 3.30. The molecule has 2 amide bonds. The van der Waals surface area contributed by atoms with Crippen LogP contribution in [-0.2, 0) is 4.79 Å². The predicted molar refractivity (Wildman–Crippen MR) is 117 cm³/mol. The minimum Gasteiger partial charge on any atom is -0.483 e. The van der Waals surface area contributed by atoms with E-state index in [9.17, 15) is 9.59 Å². The van der Waals surface area contributed by atoms with E-state index in [1.807, 2.05) is 12.1 Å². The number of rotatable bonds is 6. The highest BCUT2D eigenvalue weighted by atomic mass is 35.5. The van der Waals surface area contributed by atoms with Gasteiger partial charge in [-0.2, -0.15) is 0 Å². The van der Waals surface area contributed by atoms with Crippen LogP contribution in [0.25, 0.3) is 0 Å². The van der Waals surface area contributed by atoms with Crippen LogP contribution in [0, 0.1) is 0 Å². The smallest absolute Gasteiger partial charge is 0.267 e. The maximum Gasteiger partial charge on any atom is 0.267 e. The van der Waals surface area contributed by atoms with Crippen LogP contribution >= 0.6 is 11.6 Å². The molecule has 2 heterocycles. The molecule has 0 aromatic heterocycles. The summed E-state index contributed by atoms with van der Waals surface area (Å²) in [5, 5.41) is 0.758.